The lowest BCUT2D eigenvalue weighted by Crippen LogP contribution is -2.42. The molecule has 0 aliphatic carbocycles. The highest BCUT2D eigenvalue weighted by molar-refractivity contribution is 14.0. The van der Waals surface area contributed by atoms with Gasteiger partial charge < -0.3 is 20.1 Å². The summed E-state index contributed by atoms with van der Waals surface area (Å²) in [4.78, 5) is 10.9. The molecule has 1 aromatic heterocycles. The summed E-state index contributed by atoms with van der Waals surface area (Å²) in [6, 6.07) is 8.67. The van der Waals surface area contributed by atoms with Crippen LogP contribution in [0, 0.1) is 0 Å². The van der Waals surface area contributed by atoms with Crippen molar-refractivity contribution in [3.05, 3.63) is 54.1 Å². The van der Waals surface area contributed by atoms with E-state index in [0.29, 0.717) is 0 Å². The second-order valence-electron chi connectivity index (χ2n) is 6.81. The Morgan fingerprint density at radius 1 is 1.07 bits per heavy atom. The van der Waals surface area contributed by atoms with Crippen LogP contribution in [-0.2, 0) is 13.1 Å². The Morgan fingerprint density at radius 3 is 2.48 bits per heavy atom. The molecule has 7 heteroatoms. The van der Waals surface area contributed by atoms with Gasteiger partial charge in [0, 0.05) is 45.6 Å². The summed E-state index contributed by atoms with van der Waals surface area (Å²) in [6.45, 7) is 6.12. The van der Waals surface area contributed by atoms with Gasteiger partial charge in [0.05, 0.1) is 6.33 Å². The summed E-state index contributed by atoms with van der Waals surface area (Å²) in [7, 11) is 1.82. The summed E-state index contributed by atoms with van der Waals surface area (Å²) in [5.74, 6) is 0.865. The molecule has 1 aromatic carbocycles. The van der Waals surface area contributed by atoms with E-state index in [4.69, 9.17) is 0 Å². The quantitative estimate of drug-likeness (QED) is 0.362. The Bertz CT molecular complexity index is 662. The maximum atomic E-state index is 4.32. The Labute approximate surface area is 179 Å². The maximum Gasteiger partial charge on any atom is 0.191 e. The van der Waals surface area contributed by atoms with Crippen LogP contribution in [0.2, 0.25) is 0 Å². The van der Waals surface area contributed by atoms with E-state index in [2.05, 4.69) is 54.3 Å². The normalized spacial score (nSPS) is 15.2. The van der Waals surface area contributed by atoms with Crippen molar-refractivity contribution < 1.29 is 0 Å². The van der Waals surface area contributed by atoms with E-state index < -0.39 is 0 Å². The van der Waals surface area contributed by atoms with Gasteiger partial charge in [-0.05, 0) is 37.1 Å². The van der Waals surface area contributed by atoms with E-state index in [9.17, 15) is 0 Å². The Morgan fingerprint density at radius 2 is 1.81 bits per heavy atom. The van der Waals surface area contributed by atoms with Crippen molar-refractivity contribution in [2.45, 2.75) is 32.4 Å². The van der Waals surface area contributed by atoms with Gasteiger partial charge in [0.2, 0.25) is 0 Å². The smallest absolute Gasteiger partial charge is 0.191 e. The molecule has 1 fully saturated rings. The number of rotatable bonds is 7. The van der Waals surface area contributed by atoms with Gasteiger partial charge in [0.1, 0.15) is 0 Å². The molecule has 2 heterocycles. The zero-order chi connectivity index (χ0) is 18.0. The molecule has 0 unspecified atom stereocenters. The number of piperidine rings is 1. The Balaban J connectivity index is 0.00000261. The van der Waals surface area contributed by atoms with Gasteiger partial charge in [0.15, 0.2) is 5.96 Å². The van der Waals surface area contributed by atoms with Crippen molar-refractivity contribution >= 4 is 29.9 Å². The number of imidazole rings is 1. The number of benzene rings is 1. The lowest BCUT2D eigenvalue weighted by Gasteiger charge is -2.26. The molecule has 0 amide bonds. The topological polar surface area (TPSA) is 57.5 Å². The van der Waals surface area contributed by atoms with Gasteiger partial charge in [-0.15, -0.1) is 24.0 Å². The molecule has 0 spiro atoms. The minimum absolute atomic E-state index is 0. The number of hydrogen-bond acceptors (Lipinski definition) is 3. The highest BCUT2D eigenvalue weighted by Gasteiger charge is 2.09. The number of likely N-dealkylation sites (tertiary alicyclic amines) is 1. The zero-order valence-corrected chi connectivity index (χ0v) is 18.4. The molecule has 0 saturated carbocycles. The summed E-state index contributed by atoms with van der Waals surface area (Å²) in [5.41, 5.74) is 2.52. The van der Waals surface area contributed by atoms with Gasteiger partial charge in [-0.3, -0.25) is 4.99 Å². The second kappa shape index (κ2) is 12.0. The van der Waals surface area contributed by atoms with Crippen LogP contribution in [0.15, 0.2) is 48.0 Å². The third-order valence-corrected chi connectivity index (χ3v) is 4.80. The average Bonchev–Trinajstić information content (AvgIpc) is 3.19. The fraction of sp³-hybridized carbons (Fsp3) is 0.500. The number of aliphatic imine (C=N–C) groups is 1. The minimum Gasteiger partial charge on any atom is -0.355 e. The van der Waals surface area contributed by atoms with Gasteiger partial charge in [-0.2, -0.15) is 0 Å². The molecule has 0 atom stereocenters. The molecule has 1 saturated heterocycles. The summed E-state index contributed by atoms with van der Waals surface area (Å²) < 4.78 is 2.07. The molecule has 2 aromatic rings. The van der Waals surface area contributed by atoms with Crippen molar-refractivity contribution in [2.75, 3.05) is 33.2 Å². The Kier molecular flexibility index (Phi) is 9.61. The molecule has 0 bridgehead atoms. The number of nitrogens with zero attached hydrogens (tertiary/aromatic N) is 4. The molecule has 1 aliphatic rings. The van der Waals surface area contributed by atoms with E-state index >= 15 is 0 Å². The lowest BCUT2D eigenvalue weighted by molar-refractivity contribution is 0.232. The van der Waals surface area contributed by atoms with Crippen LogP contribution in [0.3, 0.4) is 0 Å². The van der Waals surface area contributed by atoms with Crippen LogP contribution in [0.5, 0.6) is 0 Å². The van der Waals surface area contributed by atoms with E-state index in [1.165, 1.54) is 43.5 Å². The highest BCUT2D eigenvalue weighted by atomic mass is 127. The zero-order valence-electron chi connectivity index (χ0n) is 16.1. The van der Waals surface area contributed by atoms with E-state index in [1.807, 2.05) is 25.8 Å². The monoisotopic (exact) mass is 482 g/mol. The molecule has 27 heavy (non-hydrogen) atoms. The van der Waals surface area contributed by atoms with Crippen LogP contribution in [0.4, 0.5) is 0 Å². The van der Waals surface area contributed by atoms with Crippen molar-refractivity contribution in [3.63, 3.8) is 0 Å². The fourth-order valence-electron chi connectivity index (χ4n) is 3.28. The first-order valence-corrected chi connectivity index (χ1v) is 9.54. The first-order chi connectivity index (χ1) is 12.8. The maximum absolute atomic E-state index is 4.32. The molecular formula is C20H31IN6. The van der Waals surface area contributed by atoms with E-state index in [1.54, 1.807) is 0 Å². The molecule has 6 nitrogen and oxygen atoms in total. The summed E-state index contributed by atoms with van der Waals surface area (Å²) in [6.07, 6.45) is 9.69. The fourth-order valence-corrected chi connectivity index (χ4v) is 3.28. The summed E-state index contributed by atoms with van der Waals surface area (Å²) in [5, 5.41) is 6.81. The van der Waals surface area contributed by atoms with Crippen molar-refractivity contribution in [3.8, 4) is 0 Å². The van der Waals surface area contributed by atoms with Crippen molar-refractivity contribution in [2.24, 2.45) is 4.99 Å². The Hall–Kier alpha value is -1.61. The van der Waals surface area contributed by atoms with Crippen LogP contribution >= 0.6 is 24.0 Å². The predicted molar refractivity (Wildman–Crippen MR) is 122 cm³/mol. The highest BCUT2D eigenvalue weighted by Crippen LogP contribution is 2.08. The molecule has 0 radical (unpaired) electrons. The first kappa shape index (κ1) is 21.7. The van der Waals surface area contributed by atoms with Gasteiger partial charge >= 0.3 is 0 Å². The first-order valence-electron chi connectivity index (χ1n) is 9.54. The number of halogens is 1. The minimum atomic E-state index is 0. The third-order valence-electron chi connectivity index (χ3n) is 4.80. The van der Waals surface area contributed by atoms with Crippen LogP contribution in [-0.4, -0.2) is 53.6 Å². The van der Waals surface area contributed by atoms with E-state index in [0.717, 1.165) is 32.1 Å². The number of guanidine groups is 1. The largest absolute Gasteiger partial charge is 0.355 e. The summed E-state index contributed by atoms with van der Waals surface area (Å²) >= 11 is 0. The van der Waals surface area contributed by atoms with Crippen molar-refractivity contribution in [1.82, 2.24) is 25.1 Å². The van der Waals surface area contributed by atoms with Crippen LogP contribution in [0.1, 0.15) is 30.4 Å². The van der Waals surface area contributed by atoms with Gasteiger partial charge in [-0.25, -0.2) is 4.98 Å². The van der Waals surface area contributed by atoms with Crippen LogP contribution < -0.4 is 10.6 Å². The third kappa shape index (κ3) is 7.50. The number of nitrogens with one attached hydrogen (secondary N) is 2. The molecular weight excluding hydrogens is 451 g/mol. The lowest BCUT2D eigenvalue weighted by atomic mass is 10.1. The number of aromatic nitrogens is 2. The van der Waals surface area contributed by atoms with Crippen molar-refractivity contribution in [1.29, 1.82) is 0 Å². The number of hydrogen-bond donors (Lipinski definition) is 2. The molecule has 1 aliphatic heterocycles. The second-order valence-corrected chi connectivity index (χ2v) is 6.81. The SMILES string of the molecule is CN=C(NCCN1CCCCC1)NCc1ccc(Cn2ccnc2)cc1.I. The molecule has 3 rings (SSSR count). The molecule has 2 N–H and O–H groups in total. The average molecular weight is 482 g/mol. The standard InChI is InChI=1S/C20H30N6.HI/c1-21-20(23-10-14-25-11-3-2-4-12-25)24-15-18-5-7-19(8-6-18)16-26-13-9-22-17-26;/h5-9,13,17H,2-4,10-12,14-16H2,1H3,(H2,21,23,24);1H. The van der Waals surface area contributed by atoms with Gasteiger partial charge in [0.25, 0.3) is 0 Å². The van der Waals surface area contributed by atoms with E-state index in [-0.39, 0.29) is 24.0 Å². The molecule has 148 valence electrons. The van der Waals surface area contributed by atoms with Crippen LogP contribution in [0.25, 0.3) is 0 Å². The predicted octanol–water partition coefficient (Wildman–Crippen LogP) is 2.70. The van der Waals surface area contributed by atoms with Gasteiger partial charge in [-0.1, -0.05) is 30.7 Å².